The topological polar surface area (TPSA) is 74.7 Å². The van der Waals surface area contributed by atoms with Gasteiger partial charge in [-0.3, -0.25) is 4.79 Å². The molecule has 2 aromatic rings. The van der Waals surface area contributed by atoms with Gasteiger partial charge in [-0.1, -0.05) is 54.2 Å². The number of methoxy groups -OCH3 is 2. The minimum absolute atomic E-state index is 0. The second-order valence-electron chi connectivity index (χ2n) is 12.8. The van der Waals surface area contributed by atoms with Gasteiger partial charge in [-0.05, 0) is 122 Å². The molecule has 1 aliphatic rings. The lowest BCUT2D eigenvalue weighted by molar-refractivity contribution is -0.160. The first kappa shape index (κ1) is 43.3. The zero-order valence-corrected chi connectivity index (χ0v) is 30.0. The monoisotopic (exact) mass is 661 g/mol. The molecular formula is C39H67NO5S. The average molecular weight is 662 g/mol. The Morgan fingerprint density at radius 3 is 2.35 bits per heavy atom. The van der Waals surface area contributed by atoms with Gasteiger partial charge in [-0.2, -0.15) is 0 Å². The zero-order chi connectivity index (χ0) is 33.0. The fourth-order valence-corrected chi connectivity index (χ4v) is 7.67. The highest BCUT2D eigenvalue weighted by atomic mass is 32.1. The highest BCUT2D eigenvalue weighted by molar-refractivity contribution is 7.12. The Morgan fingerprint density at radius 1 is 1.07 bits per heavy atom. The van der Waals surface area contributed by atoms with Crippen molar-refractivity contribution in [1.82, 2.24) is 4.98 Å². The molecule has 0 bridgehead atoms. The Bertz CT molecular complexity index is 1260. The number of thiophene rings is 1. The number of unbranched alkanes of at least 4 members (excludes halogenated alkanes) is 1. The molecule has 0 spiro atoms. The maximum atomic E-state index is 12.9. The van der Waals surface area contributed by atoms with Crippen molar-refractivity contribution in [3.8, 4) is 5.88 Å². The van der Waals surface area contributed by atoms with Gasteiger partial charge in [0.05, 0.1) is 25.7 Å². The van der Waals surface area contributed by atoms with Crippen molar-refractivity contribution in [3.05, 3.63) is 55.9 Å². The summed E-state index contributed by atoms with van der Waals surface area (Å²) in [5.74, 6) is 1.18. The highest BCUT2D eigenvalue weighted by Crippen LogP contribution is 2.43. The van der Waals surface area contributed by atoms with Crippen LogP contribution in [0.15, 0.2) is 18.2 Å². The van der Waals surface area contributed by atoms with Gasteiger partial charge in [0, 0.05) is 22.4 Å². The zero-order valence-electron chi connectivity index (χ0n) is 29.2. The van der Waals surface area contributed by atoms with Crippen LogP contribution >= 0.6 is 11.3 Å². The lowest BCUT2D eigenvalue weighted by Gasteiger charge is -2.24. The van der Waals surface area contributed by atoms with Crippen LogP contribution in [0.1, 0.15) is 151 Å². The molecule has 2 aromatic heterocycles. The summed E-state index contributed by atoms with van der Waals surface area (Å²) in [5, 5.41) is 0. The van der Waals surface area contributed by atoms with Crippen LogP contribution in [0.5, 0.6) is 5.88 Å². The third-order valence-electron chi connectivity index (χ3n) is 8.41. The second-order valence-corrected chi connectivity index (χ2v) is 13.9. The predicted molar refractivity (Wildman–Crippen MR) is 198 cm³/mol. The van der Waals surface area contributed by atoms with Gasteiger partial charge in [0.2, 0.25) is 5.88 Å². The number of aromatic nitrogens is 1. The number of esters is 2. The van der Waals surface area contributed by atoms with Crippen LogP contribution in [0, 0.1) is 32.6 Å². The maximum Gasteiger partial charge on any atom is 0.339 e. The van der Waals surface area contributed by atoms with Crippen molar-refractivity contribution < 1.29 is 25.2 Å². The van der Waals surface area contributed by atoms with Crippen LogP contribution in [0.25, 0.3) is 0 Å². The molecule has 1 fully saturated rings. The van der Waals surface area contributed by atoms with Crippen LogP contribution in [0.2, 0.25) is 0 Å². The molecule has 1 saturated carbocycles. The number of ether oxygens (including phenoxy) is 3. The van der Waals surface area contributed by atoms with Crippen LogP contribution in [-0.2, 0) is 27.1 Å². The van der Waals surface area contributed by atoms with Crippen molar-refractivity contribution in [3.63, 3.8) is 0 Å². The van der Waals surface area contributed by atoms with E-state index < -0.39 is 5.60 Å². The van der Waals surface area contributed by atoms with Gasteiger partial charge in [-0.25, -0.2) is 9.78 Å². The molecule has 3 rings (SSSR count). The maximum absolute atomic E-state index is 12.9. The molecule has 0 N–H and O–H groups in total. The van der Waals surface area contributed by atoms with E-state index in [0.717, 1.165) is 85.0 Å². The first-order valence-corrected chi connectivity index (χ1v) is 17.3. The number of nitrogens with zero attached hydrogens (tertiary/aromatic N) is 1. The summed E-state index contributed by atoms with van der Waals surface area (Å²) in [6.07, 6.45) is 12.8. The molecular weight excluding hydrogens is 594 g/mol. The van der Waals surface area contributed by atoms with E-state index in [1.807, 2.05) is 41.5 Å². The Balaban J connectivity index is 0. The number of carbonyl (C=O) groups is 2. The number of allylic oxidation sites excluding steroid dienone is 2. The molecule has 0 aliphatic heterocycles. The molecule has 6 nitrogen and oxygen atoms in total. The third-order valence-corrected chi connectivity index (χ3v) is 9.97. The van der Waals surface area contributed by atoms with Crippen LogP contribution < -0.4 is 4.74 Å². The molecule has 264 valence electrons. The standard InChI is InChI=1S/C35H51NO5S.C2H6.2CH4.H2/c1-22-21-23(2)36-32(39-8)28(22)17-12-10-11-13-18-29-30(34(38)40-9)25(4)31(42-29)24(3)26-15-14-16-27(20-19-26)33(37)41-35(5,6)7;1-2;;;/h10,12,21,24,26-27H,11,13-20H2,1-9H3;1-2H3;2*1H4;1H/b12-10-;;;;/t24-,26?,27?;;;;/m1..../s1. The van der Waals surface area contributed by atoms with Crippen molar-refractivity contribution in [1.29, 1.82) is 0 Å². The van der Waals surface area contributed by atoms with Gasteiger partial charge in [-0.15, -0.1) is 11.3 Å². The summed E-state index contributed by atoms with van der Waals surface area (Å²) in [7, 11) is 3.13. The Morgan fingerprint density at radius 2 is 1.74 bits per heavy atom. The van der Waals surface area contributed by atoms with Crippen molar-refractivity contribution in [2.45, 2.75) is 146 Å². The smallest absolute Gasteiger partial charge is 0.339 e. The first-order chi connectivity index (χ1) is 20.9. The van der Waals surface area contributed by atoms with Crippen LogP contribution in [0.3, 0.4) is 0 Å². The quantitative estimate of drug-likeness (QED) is 0.103. The minimum atomic E-state index is -0.453. The first-order valence-electron chi connectivity index (χ1n) is 16.5. The molecule has 1 aliphatic carbocycles. The van der Waals surface area contributed by atoms with Gasteiger partial charge in [0.1, 0.15) is 5.60 Å². The largest absolute Gasteiger partial charge is 0.481 e. The summed E-state index contributed by atoms with van der Waals surface area (Å²) < 4.78 is 16.4. The summed E-state index contributed by atoms with van der Waals surface area (Å²) in [4.78, 5) is 32.5. The highest BCUT2D eigenvalue weighted by Gasteiger charge is 2.32. The lowest BCUT2D eigenvalue weighted by atomic mass is 9.84. The van der Waals surface area contributed by atoms with E-state index >= 15 is 0 Å². The Kier molecular flexibility index (Phi) is 19.3. The Labute approximate surface area is 287 Å². The molecule has 46 heavy (non-hydrogen) atoms. The van der Waals surface area contributed by atoms with E-state index in [2.05, 4.69) is 44.0 Å². The average Bonchev–Trinajstić information content (AvgIpc) is 3.13. The fraction of sp³-hybridized carbons (Fsp3) is 0.667. The number of hydrogen-bond donors (Lipinski definition) is 0. The van der Waals surface area contributed by atoms with Crippen molar-refractivity contribution >= 4 is 23.3 Å². The number of rotatable bonds is 11. The van der Waals surface area contributed by atoms with E-state index in [9.17, 15) is 9.59 Å². The third kappa shape index (κ3) is 12.2. The lowest BCUT2D eigenvalue weighted by Crippen LogP contribution is -2.28. The van der Waals surface area contributed by atoms with E-state index in [4.69, 9.17) is 14.2 Å². The summed E-state index contributed by atoms with van der Waals surface area (Å²) in [6.45, 7) is 18.2. The van der Waals surface area contributed by atoms with Gasteiger partial charge in [0.25, 0.3) is 0 Å². The van der Waals surface area contributed by atoms with Gasteiger partial charge >= 0.3 is 11.9 Å². The molecule has 7 heteroatoms. The van der Waals surface area contributed by atoms with Gasteiger partial charge < -0.3 is 14.2 Å². The van der Waals surface area contributed by atoms with Crippen molar-refractivity contribution in [2.24, 2.45) is 11.8 Å². The molecule has 0 saturated heterocycles. The molecule has 0 amide bonds. The molecule has 0 aromatic carbocycles. The number of carbonyl (C=O) groups excluding carboxylic acids is 2. The number of hydrogen-bond acceptors (Lipinski definition) is 7. The molecule has 2 heterocycles. The predicted octanol–water partition coefficient (Wildman–Crippen LogP) is 11.2. The van der Waals surface area contributed by atoms with E-state index in [1.54, 1.807) is 18.4 Å². The van der Waals surface area contributed by atoms with Crippen LogP contribution in [-0.4, -0.2) is 36.7 Å². The molecule has 0 radical (unpaired) electrons. The SMILES string of the molecule is C.C.CC.COC(=O)c1c(CCC/C=C\Cc2c(C)cc(C)nc2OC)sc([C@H](C)C2CCCC(C(=O)OC(C)(C)C)CC2)c1C.[HH]. The van der Waals surface area contributed by atoms with Crippen molar-refractivity contribution in [2.75, 3.05) is 14.2 Å². The van der Waals surface area contributed by atoms with E-state index in [0.29, 0.717) is 17.7 Å². The second kappa shape index (κ2) is 20.5. The fourth-order valence-electron chi connectivity index (χ4n) is 6.18. The number of aryl methyl sites for hydroxylation is 3. The van der Waals surface area contributed by atoms with Crippen LogP contribution in [0.4, 0.5) is 0 Å². The molecule has 3 atom stereocenters. The normalized spacial score (nSPS) is 17.0. The number of pyridine rings is 1. The molecule has 2 unspecified atom stereocenters. The Hall–Kier alpha value is -2.67. The minimum Gasteiger partial charge on any atom is -0.481 e. The van der Waals surface area contributed by atoms with Gasteiger partial charge in [0.15, 0.2) is 0 Å². The van der Waals surface area contributed by atoms with E-state index in [1.165, 1.54) is 17.6 Å². The van der Waals surface area contributed by atoms with E-state index in [-0.39, 0.29) is 34.1 Å². The summed E-state index contributed by atoms with van der Waals surface area (Å²) in [6, 6.07) is 2.09. The summed E-state index contributed by atoms with van der Waals surface area (Å²) >= 11 is 1.78. The summed E-state index contributed by atoms with van der Waals surface area (Å²) in [5.41, 5.74) is 4.63.